The highest BCUT2D eigenvalue weighted by molar-refractivity contribution is 5.69. The van der Waals surface area contributed by atoms with Crippen LogP contribution in [0.1, 0.15) is 5.56 Å². The summed E-state index contributed by atoms with van der Waals surface area (Å²) >= 11 is 0. The first-order chi connectivity index (χ1) is 12.0. The minimum atomic E-state index is -1.21. The van der Waals surface area contributed by atoms with Crippen LogP contribution in [-0.4, -0.2) is 83.5 Å². The molecule has 0 aromatic heterocycles. The van der Waals surface area contributed by atoms with E-state index in [9.17, 15) is 14.0 Å². The number of ether oxygens (including phenoxy) is 1. The SMILES string of the molecule is O=C(O)N1CCN(C2CN(C(=O)OCc3ccccc3)C2)CC(F)C1. The van der Waals surface area contributed by atoms with E-state index < -0.39 is 12.3 Å². The van der Waals surface area contributed by atoms with Gasteiger partial charge in [-0.1, -0.05) is 30.3 Å². The lowest BCUT2D eigenvalue weighted by atomic mass is 10.1. The number of benzene rings is 1. The fourth-order valence-corrected chi connectivity index (χ4v) is 3.13. The zero-order valence-electron chi connectivity index (χ0n) is 13.9. The van der Waals surface area contributed by atoms with Gasteiger partial charge in [-0.2, -0.15) is 0 Å². The maximum atomic E-state index is 13.9. The Morgan fingerprint density at radius 3 is 2.48 bits per heavy atom. The molecule has 2 heterocycles. The number of nitrogens with zero attached hydrogens (tertiary/aromatic N) is 3. The molecule has 7 nitrogen and oxygen atoms in total. The van der Waals surface area contributed by atoms with Gasteiger partial charge in [-0.3, -0.25) is 4.90 Å². The van der Waals surface area contributed by atoms with E-state index in [0.29, 0.717) is 19.6 Å². The molecule has 1 aromatic rings. The zero-order chi connectivity index (χ0) is 17.8. The van der Waals surface area contributed by atoms with Crippen molar-refractivity contribution < 1.29 is 23.8 Å². The van der Waals surface area contributed by atoms with E-state index in [0.717, 1.165) is 10.5 Å². The van der Waals surface area contributed by atoms with Crippen molar-refractivity contribution in [1.82, 2.24) is 14.7 Å². The van der Waals surface area contributed by atoms with E-state index >= 15 is 0 Å². The highest BCUT2D eigenvalue weighted by Crippen LogP contribution is 2.19. The molecule has 136 valence electrons. The number of hydrogen-bond acceptors (Lipinski definition) is 4. The summed E-state index contributed by atoms with van der Waals surface area (Å²) in [7, 11) is 0. The van der Waals surface area contributed by atoms with Crippen LogP contribution >= 0.6 is 0 Å². The molecule has 3 rings (SSSR count). The average Bonchev–Trinajstić information content (AvgIpc) is 2.74. The molecule has 1 N–H and O–H groups in total. The molecule has 0 aliphatic carbocycles. The normalized spacial score (nSPS) is 22.2. The quantitative estimate of drug-likeness (QED) is 0.896. The Bertz CT molecular complexity index is 609. The molecule has 2 amide bonds. The van der Waals surface area contributed by atoms with E-state index in [-0.39, 0.29) is 38.4 Å². The topological polar surface area (TPSA) is 73.3 Å². The van der Waals surface area contributed by atoms with Gasteiger partial charge < -0.3 is 19.6 Å². The van der Waals surface area contributed by atoms with Crippen LogP contribution in [0.15, 0.2) is 30.3 Å². The van der Waals surface area contributed by atoms with Crippen LogP contribution < -0.4 is 0 Å². The van der Waals surface area contributed by atoms with Gasteiger partial charge in [0.2, 0.25) is 0 Å². The molecular weight excluding hydrogens is 329 g/mol. The van der Waals surface area contributed by atoms with Crippen molar-refractivity contribution in [2.75, 3.05) is 39.3 Å². The van der Waals surface area contributed by atoms with Crippen molar-refractivity contribution in [3.8, 4) is 0 Å². The Morgan fingerprint density at radius 2 is 1.80 bits per heavy atom. The Labute approximate surface area is 145 Å². The van der Waals surface area contributed by atoms with Crippen molar-refractivity contribution in [3.63, 3.8) is 0 Å². The molecule has 2 aliphatic heterocycles. The lowest BCUT2D eigenvalue weighted by Crippen LogP contribution is -2.62. The summed E-state index contributed by atoms with van der Waals surface area (Å²) < 4.78 is 19.2. The number of halogens is 1. The summed E-state index contributed by atoms with van der Waals surface area (Å²) in [5.41, 5.74) is 0.925. The van der Waals surface area contributed by atoms with E-state index in [2.05, 4.69) is 0 Å². The molecule has 0 spiro atoms. The molecule has 0 bridgehead atoms. The van der Waals surface area contributed by atoms with Gasteiger partial charge in [-0.15, -0.1) is 0 Å². The van der Waals surface area contributed by atoms with Crippen LogP contribution in [-0.2, 0) is 11.3 Å². The second-order valence-corrected chi connectivity index (χ2v) is 6.42. The third-order valence-electron chi connectivity index (χ3n) is 4.62. The van der Waals surface area contributed by atoms with Crippen molar-refractivity contribution >= 4 is 12.2 Å². The number of carbonyl (C=O) groups excluding carboxylic acids is 1. The first-order valence-electron chi connectivity index (χ1n) is 8.34. The summed E-state index contributed by atoms with van der Waals surface area (Å²) in [6.45, 7) is 2.04. The Kier molecular flexibility index (Phi) is 5.37. The number of amides is 2. The lowest BCUT2D eigenvalue weighted by Gasteiger charge is -2.44. The van der Waals surface area contributed by atoms with Crippen molar-refractivity contribution in [1.29, 1.82) is 0 Å². The van der Waals surface area contributed by atoms with Crippen LogP contribution in [0.5, 0.6) is 0 Å². The van der Waals surface area contributed by atoms with E-state index in [1.165, 1.54) is 0 Å². The predicted molar refractivity (Wildman–Crippen MR) is 88.1 cm³/mol. The second-order valence-electron chi connectivity index (χ2n) is 6.42. The highest BCUT2D eigenvalue weighted by Gasteiger charge is 2.38. The van der Waals surface area contributed by atoms with Crippen LogP contribution in [0.4, 0.5) is 14.0 Å². The Hall–Kier alpha value is -2.35. The van der Waals surface area contributed by atoms with E-state index in [4.69, 9.17) is 9.84 Å². The van der Waals surface area contributed by atoms with Crippen molar-refractivity contribution in [2.24, 2.45) is 0 Å². The predicted octanol–water partition coefficient (Wildman–Crippen LogP) is 1.64. The monoisotopic (exact) mass is 351 g/mol. The Morgan fingerprint density at radius 1 is 1.08 bits per heavy atom. The summed E-state index contributed by atoms with van der Waals surface area (Å²) in [6, 6.07) is 9.50. The maximum absolute atomic E-state index is 13.9. The molecule has 0 radical (unpaired) electrons. The minimum Gasteiger partial charge on any atom is -0.465 e. The van der Waals surface area contributed by atoms with Gasteiger partial charge in [0.05, 0.1) is 6.54 Å². The van der Waals surface area contributed by atoms with Gasteiger partial charge in [0.1, 0.15) is 12.8 Å². The Balaban J connectivity index is 1.44. The molecule has 1 unspecified atom stereocenters. The van der Waals surface area contributed by atoms with Gasteiger partial charge >= 0.3 is 12.2 Å². The standard InChI is InChI=1S/C17H22FN3O4/c18-14-8-19(6-7-20(9-14)16(22)23)15-10-21(11-15)17(24)25-12-13-4-2-1-3-5-13/h1-5,14-15H,6-12H2,(H,22,23). The zero-order valence-corrected chi connectivity index (χ0v) is 13.9. The number of rotatable bonds is 3. The summed E-state index contributed by atoms with van der Waals surface area (Å²) in [5.74, 6) is 0. The number of carboxylic acid groups (broad SMARTS) is 1. The fraction of sp³-hybridized carbons (Fsp3) is 0.529. The molecule has 2 aliphatic rings. The van der Waals surface area contributed by atoms with Crippen molar-refractivity contribution in [3.05, 3.63) is 35.9 Å². The first-order valence-corrected chi connectivity index (χ1v) is 8.34. The summed E-state index contributed by atoms with van der Waals surface area (Å²) in [6.07, 6.45) is -2.68. The van der Waals surface area contributed by atoms with Crippen LogP contribution in [0.3, 0.4) is 0 Å². The first kappa shape index (κ1) is 17.5. The minimum absolute atomic E-state index is 0.0521. The summed E-state index contributed by atoms with van der Waals surface area (Å²) in [4.78, 5) is 27.7. The largest absolute Gasteiger partial charge is 0.465 e. The number of alkyl halides is 1. The van der Waals surface area contributed by atoms with Gasteiger partial charge in [-0.05, 0) is 5.56 Å². The third-order valence-corrected chi connectivity index (χ3v) is 4.62. The molecule has 1 aromatic carbocycles. The highest BCUT2D eigenvalue weighted by atomic mass is 19.1. The summed E-state index contributed by atoms with van der Waals surface area (Å²) in [5, 5.41) is 9.02. The van der Waals surface area contributed by atoms with Gasteiger partial charge in [0.25, 0.3) is 0 Å². The third kappa shape index (κ3) is 4.39. The average molecular weight is 351 g/mol. The van der Waals surface area contributed by atoms with E-state index in [1.807, 2.05) is 35.2 Å². The second kappa shape index (κ2) is 7.69. The van der Waals surface area contributed by atoms with Gasteiger partial charge in [-0.25, -0.2) is 14.0 Å². The fourth-order valence-electron chi connectivity index (χ4n) is 3.13. The van der Waals surface area contributed by atoms with Gasteiger partial charge in [0, 0.05) is 38.8 Å². The molecule has 8 heteroatoms. The molecule has 1 atom stereocenters. The molecule has 0 saturated carbocycles. The maximum Gasteiger partial charge on any atom is 0.410 e. The van der Waals surface area contributed by atoms with Crippen LogP contribution in [0, 0.1) is 0 Å². The van der Waals surface area contributed by atoms with Crippen molar-refractivity contribution in [2.45, 2.75) is 18.8 Å². The van der Waals surface area contributed by atoms with Crippen LogP contribution in [0.2, 0.25) is 0 Å². The van der Waals surface area contributed by atoms with Crippen LogP contribution in [0.25, 0.3) is 0 Å². The van der Waals surface area contributed by atoms with E-state index in [1.54, 1.807) is 4.90 Å². The number of hydrogen-bond donors (Lipinski definition) is 1. The lowest BCUT2D eigenvalue weighted by molar-refractivity contribution is 0.0151. The molecule has 2 fully saturated rings. The smallest absolute Gasteiger partial charge is 0.410 e. The molecule has 2 saturated heterocycles. The molecule has 25 heavy (non-hydrogen) atoms. The number of likely N-dealkylation sites (tertiary alicyclic amines) is 1. The number of carbonyl (C=O) groups is 2. The molecular formula is C17H22FN3O4. The van der Waals surface area contributed by atoms with Gasteiger partial charge in [0.15, 0.2) is 0 Å².